The molecule has 0 unspecified atom stereocenters. The summed E-state index contributed by atoms with van der Waals surface area (Å²) in [5.74, 6) is 0. The number of nitrogens with zero attached hydrogens (tertiary/aromatic N) is 1. The average molecular weight is 192 g/mol. The average Bonchev–Trinajstić information content (AvgIpc) is 2.99. The van der Waals surface area contributed by atoms with Crippen LogP contribution in [0, 0.1) is 10.1 Å². The first-order chi connectivity index (χ1) is 6.75. The van der Waals surface area contributed by atoms with Crippen molar-refractivity contribution in [1.82, 2.24) is 5.32 Å². The minimum absolute atomic E-state index is 0.167. The molecule has 0 heterocycles. The Bertz CT molecular complexity index is 348. The highest BCUT2D eigenvalue weighted by Gasteiger charge is 2.20. The smallest absolute Gasteiger partial charge is 0.269 e. The van der Waals surface area contributed by atoms with Crippen LogP contribution in [0.2, 0.25) is 0 Å². The third-order valence-electron chi connectivity index (χ3n) is 2.29. The van der Waals surface area contributed by atoms with Gasteiger partial charge in [-0.3, -0.25) is 10.1 Å². The first-order valence-electron chi connectivity index (χ1n) is 4.72. The van der Waals surface area contributed by atoms with Gasteiger partial charge in [-0.15, -0.1) is 0 Å². The fourth-order valence-electron chi connectivity index (χ4n) is 1.33. The van der Waals surface area contributed by atoms with Gasteiger partial charge in [0.1, 0.15) is 0 Å². The summed E-state index contributed by atoms with van der Waals surface area (Å²) in [5, 5.41) is 13.8. The van der Waals surface area contributed by atoms with Gasteiger partial charge in [-0.05, 0) is 18.4 Å². The zero-order valence-electron chi connectivity index (χ0n) is 7.77. The standard InChI is InChI=1S/C10H12N2O2/c13-12(14)10-3-1-2-8(6-10)7-11-9-4-5-9/h1-3,6,9,11H,4-5,7H2. The van der Waals surface area contributed by atoms with Crippen LogP contribution in [0.1, 0.15) is 18.4 Å². The summed E-state index contributed by atoms with van der Waals surface area (Å²) >= 11 is 0. The molecule has 1 N–H and O–H groups in total. The van der Waals surface area contributed by atoms with Crippen LogP contribution in [0.15, 0.2) is 24.3 Å². The number of hydrogen-bond donors (Lipinski definition) is 1. The largest absolute Gasteiger partial charge is 0.310 e. The number of hydrogen-bond acceptors (Lipinski definition) is 3. The molecule has 14 heavy (non-hydrogen) atoms. The van der Waals surface area contributed by atoms with E-state index in [-0.39, 0.29) is 10.6 Å². The zero-order chi connectivity index (χ0) is 9.97. The molecular weight excluding hydrogens is 180 g/mol. The number of non-ortho nitro benzene ring substituents is 1. The van der Waals surface area contributed by atoms with Crippen LogP contribution in [0.3, 0.4) is 0 Å². The maximum Gasteiger partial charge on any atom is 0.269 e. The van der Waals surface area contributed by atoms with E-state index in [2.05, 4.69) is 5.32 Å². The van der Waals surface area contributed by atoms with Gasteiger partial charge in [0.25, 0.3) is 5.69 Å². The molecule has 0 atom stereocenters. The Hall–Kier alpha value is -1.42. The molecule has 1 aliphatic carbocycles. The predicted octanol–water partition coefficient (Wildman–Crippen LogP) is 1.85. The van der Waals surface area contributed by atoms with E-state index in [9.17, 15) is 10.1 Å². The van der Waals surface area contributed by atoms with Gasteiger partial charge < -0.3 is 5.32 Å². The molecule has 1 aromatic rings. The van der Waals surface area contributed by atoms with Gasteiger partial charge in [0.15, 0.2) is 0 Å². The Morgan fingerprint density at radius 3 is 2.93 bits per heavy atom. The molecule has 4 heteroatoms. The van der Waals surface area contributed by atoms with Crippen molar-refractivity contribution in [3.63, 3.8) is 0 Å². The second kappa shape index (κ2) is 3.75. The van der Waals surface area contributed by atoms with Crippen molar-refractivity contribution in [2.45, 2.75) is 25.4 Å². The van der Waals surface area contributed by atoms with Crippen LogP contribution in [-0.4, -0.2) is 11.0 Å². The van der Waals surface area contributed by atoms with Crippen molar-refractivity contribution in [2.75, 3.05) is 0 Å². The van der Waals surface area contributed by atoms with E-state index < -0.39 is 0 Å². The highest BCUT2D eigenvalue weighted by molar-refractivity contribution is 5.34. The molecule has 0 bridgehead atoms. The summed E-state index contributed by atoms with van der Waals surface area (Å²) in [6.07, 6.45) is 2.46. The second-order valence-corrected chi connectivity index (χ2v) is 3.58. The summed E-state index contributed by atoms with van der Waals surface area (Å²) < 4.78 is 0. The Balaban J connectivity index is 2.01. The SMILES string of the molecule is O=[N+]([O-])c1cccc(CNC2CC2)c1. The molecule has 1 fully saturated rings. The highest BCUT2D eigenvalue weighted by Crippen LogP contribution is 2.20. The van der Waals surface area contributed by atoms with Gasteiger partial charge in [-0.1, -0.05) is 12.1 Å². The molecule has 74 valence electrons. The molecule has 0 radical (unpaired) electrons. The molecule has 1 saturated carbocycles. The molecule has 2 rings (SSSR count). The van der Waals surface area contributed by atoms with E-state index in [1.807, 2.05) is 6.07 Å². The predicted molar refractivity (Wildman–Crippen MR) is 53.0 cm³/mol. The van der Waals surface area contributed by atoms with Crippen LogP contribution < -0.4 is 5.32 Å². The lowest BCUT2D eigenvalue weighted by Crippen LogP contribution is -2.15. The van der Waals surface area contributed by atoms with Gasteiger partial charge in [0.05, 0.1) is 4.92 Å². The number of nitro groups is 1. The highest BCUT2D eigenvalue weighted by atomic mass is 16.6. The lowest BCUT2D eigenvalue weighted by Gasteiger charge is -2.02. The molecule has 0 amide bonds. The molecule has 0 aromatic heterocycles. The van der Waals surface area contributed by atoms with Crippen molar-refractivity contribution in [2.24, 2.45) is 0 Å². The van der Waals surface area contributed by atoms with Gasteiger partial charge >= 0.3 is 0 Å². The minimum Gasteiger partial charge on any atom is -0.310 e. The first-order valence-corrected chi connectivity index (χ1v) is 4.72. The minimum atomic E-state index is -0.360. The molecule has 0 saturated heterocycles. The lowest BCUT2D eigenvalue weighted by atomic mass is 10.2. The topological polar surface area (TPSA) is 55.2 Å². The van der Waals surface area contributed by atoms with E-state index in [1.54, 1.807) is 12.1 Å². The molecule has 0 spiro atoms. The van der Waals surface area contributed by atoms with E-state index in [0.717, 1.165) is 12.1 Å². The zero-order valence-corrected chi connectivity index (χ0v) is 7.77. The quantitative estimate of drug-likeness (QED) is 0.585. The Morgan fingerprint density at radius 2 is 2.29 bits per heavy atom. The Morgan fingerprint density at radius 1 is 1.50 bits per heavy atom. The van der Waals surface area contributed by atoms with Crippen molar-refractivity contribution in [1.29, 1.82) is 0 Å². The fourth-order valence-corrected chi connectivity index (χ4v) is 1.33. The summed E-state index contributed by atoms with van der Waals surface area (Å²) in [7, 11) is 0. The monoisotopic (exact) mass is 192 g/mol. The summed E-state index contributed by atoms with van der Waals surface area (Å²) in [6, 6.07) is 7.40. The molecule has 1 aliphatic rings. The number of benzene rings is 1. The van der Waals surface area contributed by atoms with Crippen molar-refractivity contribution >= 4 is 5.69 Å². The van der Waals surface area contributed by atoms with Gasteiger partial charge in [-0.2, -0.15) is 0 Å². The molecule has 1 aromatic carbocycles. The third-order valence-corrected chi connectivity index (χ3v) is 2.29. The van der Waals surface area contributed by atoms with Gasteiger partial charge in [0, 0.05) is 24.7 Å². The lowest BCUT2D eigenvalue weighted by molar-refractivity contribution is -0.384. The van der Waals surface area contributed by atoms with Crippen molar-refractivity contribution in [3.8, 4) is 0 Å². The van der Waals surface area contributed by atoms with Crippen LogP contribution in [-0.2, 0) is 6.54 Å². The van der Waals surface area contributed by atoms with E-state index in [1.165, 1.54) is 18.9 Å². The number of nitrogens with one attached hydrogen (secondary N) is 1. The summed E-state index contributed by atoms with van der Waals surface area (Å²) in [5.41, 5.74) is 1.14. The van der Waals surface area contributed by atoms with Crippen molar-refractivity contribution < 1.29 is 4.92 Å². The Labute approximate surface area is 82.1 Å². The van der Waals surface area contributed by atoms with Crippen LogP contribution in [0.25, 0.3) is 0 Å². The third kappa shape index (κ3) is 2.29. The summed E-state index contributed by atoms with van der Waals surface area (Å²) in [6.45, 7) is 0.729. The second-order valence-electron chi connectivity index (χ2n) is 3.58. The van der Waals surface area contributed by atoms with Gasteiger partial charge in [0.2, 0.25) is 0 Å². The summed E-state index contributed by atoms with van der Waals surface area (Å²) in [4.78, 5) is 10.1. The fraction of sp³-hybridized carbons (Fsp3) is 0.400. The number of nitro benzene ring substituents is 1. The normalized spacial score (nSPS) is 15.4. The van der Waals surface area contributed by atoms with Crippen LogP contribution >= 0.6 is 0 Å². The Kier molecular flexibility index (Phi) is 2.45. The molecular formula is C10H12N2O2. The van der Waals surface area contributed by atoms with E-state index >= 15 is 0 Å². The van der Waals surface area contributed by atoms with Crippen LogP contribution in [0.4, 0.5) is 5.69 Å². The maximum absolute atomic E-state index is 10.5. The molecule has 4 nitrogen and oxygen atoms in total. The maximum atomic E-state index is 10.5. The van der Waals surface area contributed by atoms with E-state index in [0.29, 0.717) is 6.04 Å². The molecule has 0 aliphatic heterocycles. The van der Waals surface area contributed by atoms with E-state index in [4.69, 9.17) is 0 Å². The van der Waals surface area contributed by atoms with Gasteiger partial charge in [-0.25, -0.2) is 0 Å². The van der Waals surface area contributed by atoms with Crippen LogP contribution in [0.5, 0.6) is 0 Å². The van der Waals surface area contributed by atoms with Crippen molar-refractivity contribution in [3.05, 3.63) is 39.9 Å². The number of rotatable bonds is 4. The first kappa shape index (κ1) is 9.15.